The number of nitrogens with zero attached hydrogens (tertiary/aromatic N) is 1. The number of likely N-dealkylation sites (tertiary alicyclic amines) is 1. The standard InChI is InChI=1S/C14H23NO4/c1-5-6-7-10(12(17)18)15-11(16)8-14(4,9(2)3)13(15)19/h9-10H,5-8H2,1-4H3,(H,17,18). The Morgan fingerprint density at radius 2 is 2.00 bits per heavy atom. The maximum absolute atomic E-state index is 12.4. The van der Waals surface area contributed by atoms with E-state index in [0.717, 1.165) is 11.3 Å². The maximum atomic E-state index is 12.4. The van der Waals surface area contributed by atoms with Crippen LogP contribution in [0.1, 0.15) is 53.4 Å². The second kappa shape index (κ2) is 5.72. The first-order valence-electron chi connectivity index (χ1n) is 6.85. The molecule has 0 saturated carbocycles. The van der Waals surface area contributed by atoms with Gasteiger partial charge in [0.05, 0.1) is 5.41 Å². The second-order valence-electron chi connectivity index (χ2n) is 5.81. The number of unbranched alkanes of at least 4 members (excludes halogenated alkanes) is 1. The Bertz CT molecular complexity index is 391. The fourth-order valence-corrected chi connectivity index (χ4v) is 2.39. The van der Waals surface area contributed by atoms with Gasteiger partial charge >= 0.3 is 5.97 Å². The Morgan fingerprint density at radius 1 is 1.42 bits per heavy atom. The smallest absolute Gasteiger partial charge is 0.326 e. The third-order valence-electron chi connectivity index (χ3n) is 4.20. The lowest BCUT2D eigenvalue weighted by atomic mass is 9.78. The molecule has 0 aromatic heterocycles. The number of imide groups is 1. The molecule has 1 aliphatic rings. The SMILES string of the molecule is CCCCC(C(=O)O)N1C(=O)CC(C)(C(C)C)C1=O. The van der Waals surface area contributed by atoms with Gasteiger partial charge in [-0.3, -0.25) is 14.5 Å². The van der Waals surface area contributed by atoms with Crippen LogP contribution in [0.25, 0.3) is 0 Å². The lowest BCUT2D eigenvalue weighted by molar-refractivity contribution is -0.156. The van der Waals surface area contributed by atoms with Crippen molar-refractivity contribution in [1.29, 1.82) is 0 Å². The molecule has 1 heterocycles. The van der Waals surface area contributed by atoms with E-state index in [1.165, 1.54) is 0 Å². The van der Waals surface area contributed by atoms with Gasteiger partial charge in [-0.25, -0.2) is 4.79 Å². The molecule has 0 spiro atoms. The molecule has 0 aliphatic carbocycles. The van der Waals surface area contributed by atoms with Crippen molar-refractivity contribution in [2.24, 2.45) is 11.3 Å². The molecule has 108 valence electrons. The van der Waals surface area contributed by atoms with Crippen LogP contribution in [0.5, 0.6) is 0 Å². The fraction of sp³-hybridized carbons (Fsp3) is 0.786. The van der Waals surface area contributed by atoms with Gasteiger partial charge in [0.1, 0.15) is 6.04 Å². The topological polar surface area (TPSA) is 74.7 Å². The molecular formula is C14H23NO4. The van der Waals surface area contributed by atoms with Crippen LogP contribution >= 0.6 is 0 Å². The quantitative estimate of drug-likeness (QED) is 0.749. The van der Waals surface area contributed by atoms with E-state index in [4.69, 9.17) is 0 Å². The molecule has 0 radical (unpaired) electrons. The highest BCUT2D eigenvalue weighted by Crippen LogP contribution is 2.40. The van der Waals surface area contributed by atoms with Gasteiger partial charge in [0.15, 0.2) is 0 Å². The summed E-state index contributed by atoms with van der Waals surface area (Å²) in [4.78, 5) is 36.8. The number of aliphatic carboxylic acids is 1. The molecule has 1 aliphatic heterocycles. The first-order chi connectivity index (χ1) is 8.75. The molecule has 2 unspecified atom stereocenters. The molecule has 1 fully saturated rings. The van der Waals surface area contributed by atoms with E-state index in [2.05, 4.69) is 0 Å². The van der Waals surface area contributed by atoms with Crippen molar-refractivity contribution < 1.29 is 19.5 Å². The van der Waals surface area contributed by atoms with Gasteiger partial charge in [-0.1, -0.05) is 33.6 Å². The Labute approximate surface area is 114 Å². The average Bonchev–Trinajstić information content (AvgIpc) is 2.53. The van der Waals surface area contributed by atoms with E-state index in [-0.39, 0.29) is 24.2 Å². The molecule has 0 aromatic rings. The molecule has 19 heavy (non-hydrogen) atoms. The van der Waals surface area contributed by atoms with Crippen molar-refractivity contribution in [3.05, 3.63) is 0 Å². The van der Waals surface area contributed by atoms with E-state index in [1.807, 2.05) is 20.8 Å². The summed E-state index contributed by atoms with van der Waals surface area (Å²) >= 11 is 0. The number of carbonyl (C=O) groups excluding carboxylic acids is 2. The predicted molar refractivity (Wildman–Crippen MR) is 70.4 cm³/mol. The molecule has 0 bridgehead atoms. The highest BCUT2D eigenvalue weighted by molar-refractivity contribution is 6.08. The van der Waals surface area contributed by atoms with Crippen LogP contribution in [0.15, 0.2) is 0 Å². The highest BCUT2D eigenvalue weighted by Gasteiger charge is 2.53. The summed E-state index contributed by atoms with van der Waals surface area (Å²) in [5.41, 5.74) is -0.767. The van der Waals surface area contributed by atoms with Crippen LogP contribution in [0, 0.1) is 11.3 Å². The number of hydrogen-bond donors (Lipinski definition) is 1. The van der Waals surface area contributed by atoms with E-state index in [0.29, 0.717) is 12.8 Å². The Morgan fingerprint density at radius 3 is 2.37 bits per heavy atom. The van der Waals surface area contributed by atoms with Gasteiger partial charge in [-0.2, -0.15) is 0 Å². The number of carboxylic acids is 1. The number of carbonyl (C=O) groups is 3. The molecule has 1 saturated heterocycles. The number of amides is 2. The first-order valence-corrected chi connectivity index (χ1v) is 6.85. The van der Waals surface area contributed by atoms with Gasteiger partial charge in [-0.05, 0) is 19.3 Å². The molecule has 1 N–H and O–H groups in total. The van der Waals surface area contributed by atoms with Gasteiger partial charge < -0.3 is 5.11 Å². The van der Waals surface area contributed by atoms with Crippen molar-refractivity contribution >= 4 is 17.8 Å². The van der Waals surface area contributed by atoms with E-state index in [1.54, 1.807) is 6.92 Å². The average molecular weight is 269 g/mol. The predicted octanol–water partition coefficient (Wildman–Crippen LogP) is 2.05. The Balaban J connectivity index is 3.01. The molecule has 5 heteroatoms. The van der Waals surface area contributed by atoms with Crippen LogP contribution in [0.2, 0.25) is 0 Å². The zero-order valence-corrected chi connectivity index (χ0v) is 12.1. The van der Waals surface area contributed by atoms with Crippen LogP contribution in [0.4, 0.5) is 0 Å². The molecule has 2 atom stereocenters. The van der Waals surface area contributed by atoms with Gasteiger partial charge in [0.2, 0.25) is 11.8 Å². The van der Waals surface area contributed by atoms with Crippen molar-refractivity contribution in [1.82, 2.24) is 4.90 Å². The minimum absolute atomic E-state index is 0.00886. The first kappa shape index (κ1) is 15.7. The summed E-state index contributed by atoms with van der Waals surface area (Å²) in [6.07, 6.45) is 1.96. The van der Waals surface area contributed by atoms with Gasteiger partial charge in [0, 0.05) is 6.42 Å². The monoisotopic (exact) mass is 269 g/mol. The fourth-order valence-electron chi connectivity index (χ4n) is 2.39. The Hall–Kier alpha value is -1.39. The summed E-state index contributed by atoms with van der Waals surface area (Å²) in [6.45, 7) is 7.47. The summed E-state index contributed by atoms with van der Waals surface area (Å²) in [5.74, 6) is -1.78. The van der Waals surface area contributed by atoms with E-state index < -0.39 is 17.4 Å². The van der Waals surface area contributed by atoms with Crippen molar-refractivity contribution in [2.45, 2.75) is 59.4 Å². The van der Waals surface area contributed by atoms with Crippen molar-refractivity contribution in [3.8, 4) is 0 Å². The van der Waals surface area contributed by atoms with E-state index in [9.17, 15) is 19.5 Å². The number of carboxylic acid groups (broad SMARTS) is 1. The lowest BCUT2D eigenvalue weighted by Crippen LogP contribution is -2.47. The minimum Gasteiger partial charge on any atom is -0.480 e. The van der Waals surface area contributed by atoms with Crippen LogP contribution in [0.3, 0.4) is 0 Å². The number of hydrogen-bond acceptors (Lipinski definition) is 3. The van der Waals surface area contributed by atoms with Gasteiger partial charge in [0.25, 0.3) is 0 Å². The normalized spacial score (nSPS) is 25.2. The molecule has 2 amide bonds. The summed E-state index contributed by atoms with van der Waals surface area (Å²) in [6, 6.07) is -1.01. The zero-order valence-electron chi connectivity index (χ0n) is 12.1. The van der Waals surface area contributed by atoms with Crippen LogP contribution in [-0.4, -0.2) is 33.8 Å². The van der Waals surface area contributed by atoms with Crippen molar-refractivity contribution in [2.75, 3.05) is 0 Å². The summed E-state index contributed by atoms with van der Waals surface area (Å²) in [7, 11) is 0. The molecule has 5 nitrogen and oxygen atoms in total. The second-order valence-corrected chi connectivity index (χ2v) is 5.81. The van der Waals surface area contributed by atoms with Gasteiger partial charge in [-0.15, -0.1) is 0 Å². The van der Waals surface area contributed by atoms with Crippen LogP contribution in [-0.2, 0) is 14.4 Å². The minimum atomic E-state index is -1.09. The third-order valence-corrected chi connectivity index (χ3v) is 4.20. The summed E-state index contributed by atoms with van der Waals surface area (Å²) < 4.78 is 0. The van der Waals surface area contributed by atoms with Crippen LogP contribution < -0.4 is 0 Å². The molecular weight excluding hydrogens is 246 g/mol. The van der Waals surface area contributed by atoms with E-state index >= 15 is 0 Å². The highest BCUT2D eigenvalue weighted by atomic mass is 16.4. The maximum Gasteiger partial charge on any atom is 0.326 e. The Kier molecular flexibility index (Phi) is 4.71. The summed E-state index contributed by atoms with van der Waals surface area (Å²) in [5, 5.41) is 9.26. The number of rotatable bonds is 6. The largest absolute Gasteiger partial charge is 0.480 e. The zero-order chi connectivity index (χ0) is 14.8. The lowest BCUT2D eigenvalue weighted by Gasteiger charge is -2.28. The van der Waals surface area contributed by atoms with Crippen molar-refractivity contribution in [3.63, 3.8) is 0 Å². The molecule has 0 aromatic carbocycles. The third kappa shape index (κ3) is 2.80. The molecule has 1 rings (SSSR count).